The van der Waals surface area contributed by atoms with Crippen molar-refractivity contribution < 1.29 is 9.90 Å². The van der Waals surface area contributed by atoms with Gasteiger partial charge < -0.3 is 15.7 Å². The summed E-state index contributed by atoms with van der Waals surface area (Å²) in [6.07, 6.45) is 5.34. The van der Waals surface area contributed by atoms with Crippen LogP contribution >= 0.6 is 0 Å². The van der Waals surface area contributed by atoms with E-state index in [4.69, 9.17) is 5.11 Å². The molecule has 0 aliphatic carbocycles. The Morgan fingerprint density at radius 1 is 1.53 bits per heavy atom. The lowest BCUT2D eigenvalue weighted by atomic mass is 10.1. The van der Waals surface area contributed by atoms with Crippen LogP contribution in [0.15, 0.2) is 12.7 Å². The number of hydrogen-bond donors (Lipinski definition) is 3. The van der Waals surface area contributed by atoms with E-state index < -0.39 is 0 Å². The fraction of sp³-hybridized carbons (Fsp3) is 0.786. The number of carbonyl (C=O) groups is 1. The number of rotatable bonds is 7. The summed E-state index contributed by atoms with van der Waals surface area (Å²) in [6, 6.07) is 0.209. The molecule has 1 aliphatic heterocycles. The number of aliphatic hydroxyl groups excluding tert-OH is 1. The van der Waals surface area contributed by atoms with Gasteiger partial charge in [-0.25, -0.2) is 4.79 Å². The standard InChI is InChI=1S/C14H27N3O2/c1-3-8-17-9-5-13(6-10-17)16-14(19)15-12(4-2)7-11-18/h3,12-13,18H,1,4-11H2,2H3,(H2,15,16,19). The lowest BCUT2D eigenvalue weighted by Gasteiger charge is -2.31. The zero-order valence-electron chi connectivity index (χ0n) is 11.9. The quantitative estimate of drug-likeness (QED) is 0.606. The second kappa shape index (κ2) is 8.93. The van der Waals surface area contributed by atoms with Crippen molar-refractivity contribution in [2.75, 3.05) is 26.2 Å². The molecule has 5 heteroatoms. The highest BCUT2D eigenvalue weighted by molar-refractivity contribution is 5.74. The number of hydrogen-bond acceptors (Lipinski definition) is 3. The van der Waals surface area contributed by atoms with Gasteiger partial charge in [-0.1, -0.05) is 13.0 Å². The molecular formula is C14H27N3O2. The van der Waals surface area contributed by atoms with Gasteiger partial charge in [0.2, 0.25) is 0 Å². The van der Waals surface area contributed by atoms with Crippen LogP contribution in [0.5, 0.6) is 0 Å². The number of urea groups is 1. The van der Waals surface area contributed by atoms with Crippen molar-refractivity contribution in [1.29, 1.82) is 0 Å². The topological polar surface area (TPSA) is 64.6 Å². The number of amides is 2. The predicted molar refractivity (Wildman–Crippen MR) is 77.1 cm³/mol. The Bertz CT molecular complexity index is 276. The molecule has 0 aromatic rings. The van der Waals surface area contributed by atoms with Gasteiger partial charge in [0.05, 0.1) is 0 Å². The van der Waals surface area contributed by atoms with Gasteiger partial charge in [0.25, 0.3) is 0 Å². The summed E-state index contributed by atoms with van der Waals surface area (Å²) < 4.78 is 0. The average molecular weight is 269 g/mol. The van der Waals surface area contributed by atoms with E-state index >= 15 is 0 Å². The molecule has 1 atom stereocenters. The van der Waals surface area contributed by atoms with Gasteiger partial charge in [-0.15, -0.1) is 6.58 Å². The normalized spacial score (nSPS) is 18.8. The van der Waals surface area contributed by atoms with Crippen LogP contribution in [0, 0.1) is 0 Å². The summed E-state index contributed by atoms with van der Waals surface area (Å²) in [4.78, 5) is 14.2. The Hall–Kier alpha value is -1.07. The minimum absolute atomic E-state index is 0.0610. The molecular weight excluding hydrogens is 242 g/mol. The maximum atomic E-state index is 11.8. The van der Waals surface area contributed by atoms with Crippen LogP contribution in [0.25, 0.3) is 0 Å². The van der Waals surface area contributed by atoms with Crippen LogP contribution in [-0.2, 0) is 0 Å². The van der Waals surface area contributed by atoms with Gasteiger partial charge in [-0.05, 0) is 25.7 Å². The lowest BCUT2D eigenvalue weighted by Crippen LogP contribution is -2.50. The third-order valence-electron chi connectivity index (χ3n) is 3.62. The van der Waals surface area contributed by atoms with E-state index in [1.165, 1.54) is 0 Å². The predicted octanol–water partition coefficient (Wildman–Crippen LogP) is 1.10. The Morgan fingerprint density at radius 3 is 2.74 bits per heavy atom. The summed E-state index contributed by atoms with van der Waals surface area (Å²) >= 11 is 0. The second-order valence-corrected chi connectivity index (χ2v) is 5.10. The van der Waals surface area contributed by atoms with Crippen LogP contribution in [0.3, 0.4) is 0 Å². The molecule has 1 heterocycles. The Labute approximate surface area is 116 Å². The minimum atomic E-state index is -0.109. The smallest absolute Gasteiger partial charge is 0.315 e. The van der Waals surface area contributed by atoms with E-state index in [1.54, 1.807) is 0 Å². The summed E-state index contributed by atoms with van der Waals surface area (Å²) in [5.41, 5.74) is 0. The van der Waals surface area contributed by atoms with Crippen LogP contribution in [-0.4, -0.2) is 54.4 Å². The number of nitrogens with zero attached hydrogens (tertiary/aromatic N) is 1. The highest BCUT2D eigenvalue weighted by Crippen LogP contribution is 2.10. The monoisotopic (exact) mass is 269 g/mol. The largest absolute Gasteiger partial charge is 0.396 e. The Morgan fingerprint density at radius 2 is 2.21 bits per heavy atom. The molecule has 0 aromatic carbocycles. The summed E-state index contributed by atoms with van der Waals surface area (Å²) in [5.74, 6) is 0. The van der Waals surface area contributed by atoms with Gasteiger partial charge >= 0.3 is 6.03 Å². The van der Waals surface area contributed by atoms with Crippen molar-refractivity contribution in [3.05, 3.63) is 12.7 Å². The van der Waals surface area contributed by atoms with Crippen molar-refractivity contribution in [3.63, 3.8) is 0 Å². The molecule has 0 spiro atoms. The number of carbonyl (C=O) groups excluding carboxylic acids is 1. The first-order valence-corrected chi connectivity index (χ1v) is 7.20. The highest BCUT2D eigenvalue weighted by Gasteiger charge is 2.20. The lowest BCUT2D eigenvalue weighted by molar-refractivity contribution is 0.199. The van der Waals surface area contributed by atoms with Crippen molar-refractivity contribution in [3.8, 4) is 0 Å². The number of nitrogens with one attached hydrogen (secondary N) is 2. The van der Waals surface area contributed by atoms with Gasteiger partial charge in [-0.2, -0.15) is 0 Å². The van der Waals surface area contributed by atoms with E-state index in [1.807, 2.05) is 13.0 Å². The number of piperidine rings is 1. The van der Waals surface area contributed by atoms with Crippen molar-refractivity contribution in [1.82, 2.24) is 15.5 Å². The Balaban J connectivity index is 2.24. The molecule has 1 saturated heterocycles. The highest BCUT2D eigenvalue weighted by atomic mass is 16.3. The average Bonchev–Trinajstić information content (AvgIpc) is 2.41. The molecule has 2 amide bonds. The summed E-state index contributed by atoms with van der Waals surface area (Å²) in [6.45, 7) is 8.79. The van der Waals surface area contributed by atoms with Crippen molar-refractivity contribution in [2.24, 2.45) is 0 Å². The molecule has 19 heavy (non-hydrogen) atoms. The molecule has 1 fully saturated rings. The van der Waals surface area contributed by atoms with Crippen LogP contribution < -0.4 is 10.6 Å². The first-order valence-electron chi connectivity index (χ1n) is 7.20. The zero-order chi connectivity index (χ0) is 14.1. The van der Waals surface area contributed by atoms with Gasteiger partial charge in [-0.3, -0.25) is 4.90 Å². The van der Waals surface area contributed by atoms with E-state index in [-0.39, 0.29) is 24.7 Å². The molecule has 5 nitrogen and oxygen atoms in total. The Kier molecular flexibility index (Phi) is 7.52. The number of aliphatic hydroxyl groups is 1. The van der Waals surface area contributed by atoms with Crippen molar-refractivity contribution >= 4 is 6.03 Å². The fourth-order valence-electron chi connectivity index (χ4n) is 2.39. The SMILES string of the molecule is C=CCN1CCC(NC(=O)NC(CC)CCO)CC1. The zero-order valence-corrected chi connectivity index (χ0v) is 11.9. The van der Waals surface area contributed by atoms with E-state index in [0.717, 1.165) is 38.9 Å². The molecule has 110 valence electrons. The molecule has 1 rings (SSSR count). The molecule has 3 N–H and O–H groups in total. The van der Waals surface area contributed by atoms with Gasteiger partial charge in [0, 0.05) is 38.3 Å². The van der Waals surface area contributed by atoms with E-state index in [2.05, 4.69) is 22.1 Å². The van der Waals surface area contributed by atoms with E-state index in [0.29, 0.717) is 6.42 Å². The van der Waals surface area contributed by atoms with Gasteiger partial charge in [0.1, 0.15) is 0 Å². The summed E-state index contributed by atoms with van der Waals surface area (Å²) in [7, 11) is 0. The molecule has 1 aliphatic rings. The summed E-state index contributed by atoms with van der Waals surface area (Å²) in [5, 5.41) is 14.8. The molecule has 0 aromatic heterocycles. The maximum absolute atomic E-state index is 11.8. The first-order chi connectivity index (χ1) is 9.19. The fourth-order valence-corrected chi connectivity index (χ4v) is 2.39. The van der Waals surface area contributed by atoms with Gasteiger partial charge in [0.15, 0.2) is 0 Å². The maximum Gasteiger partial charge on any atom is 0.315 e. The van der Waals surface area contributed by atoms with Crippen LogP contribution in [0.1, 0.15) is 32.6 Å². The van der Waals surface area contributed by atoms with Crippen LogP contribution in [0.4, 0.5) is 4.79 Å². The third kappa shape index (κ3) is 6.07. The third-order valence-corrected chi connectivity index (χ3v) is 3.62. The second-order valence-electron chi connectivity index (χ2n) is 5.10. The van der Waals surface area contributed by atoms with E-state index in [9.17, 15) is 4.79 Å². The molecule has 0 bridgehead atoms. The van der Waals surface area contributed by atoms with Crippen LogP contribution in [0.2, 0.25) is 0 Å². The molecule has 0 radical (unpaired) electrons. The molecule has 0 saturated carbocycles. The minimum Gasteiger partial charge on any atom is -0.396 e. The first kappa shape index (κ1) is 16.0. The number of likely N-dealkylation sites (tertiary alicyclic amines) is 1. The van der Waals surface area contributed by atoms with Crippen molar-refractivity contribution in [2.45, 2.75) is 44.7 Å². The molecule has 1 unspecified atom stereocenters.